The minimum absolute atomic E-state index is 0.0243. The zero-order valence-electron chi connectivity index (χ0n) is 12.4. The molecular formula is C15H22F2N2O. The van der Waals surface area contributed by atoms with Gasteiger partial charge in [0, 0.05) is 30.6 Å². The molecule has 0 aliphatic heterocycles. The first-order valence-electron chi connectivity index (χ1n) is 6.68. The van der Waals surface area contributed by atoms with Crippen LogP contribution in [-0.4, -0.2) is 19.0 Å². The van der Waals surface area contributed by atoms with Gasteiger partial charge in [0.2, 0.25) is 5.91 Å². The lowest BCUT2D eigenvalue weighted by Crippen LogP contribution is -2.39. The lowest BCUT2D eigenvalue weighted by molar-refractivity contribution is -0.128. The van der Waals surface area contributed by atoms with Crippen molar-refractivity contribution in [2.75, 3.05) is 13.1 Å². The Morgan fingerprint density at radius 2 is 1.70 bits per heavy atom. The van der Waals surface area contributed by atoms with E-state index in [0.29, 0.717) is 18.7 Å². The van der Waals surface area contributed by atoms with Crippen molar-refractivity contribution >= 4 is 5.91 Å². The minimum Gasteiger partial charge on any atom is -0.354 e. The SMILES string of the molecule is C[C@H](NCCNC(=O)C(C)(C)C)c1cc(F)cc(F)c1. The summed E-state index contributed by atoms with van der Waals surface area (Å²) in [5.41, 5.74) is 0.127. The third-order valence-electron chi connectivity index (χ3n) is 2.93. The largest absolute Gasteiger partial charge is 0.354 e. The average molecular weight is 284 g/mol. The van der Waals surface area contributed by atoms with Gasteiger partial charge in [-0.05, 0) is 24.6 Å². The van der Waals surface area contributed by atoms with Crippen LogP contribution in [0.15, 0.2) is 18.2 Å². The Bertz CT molecular complexity index is 449. The van der Waals surface area contributed by atoms with Crippen LogP contribution < -0.4 is 10.6 Å². The van der Waals surface area contributed by atoms with Crippen LogP contribution in [0.5, 0.6) is 0 Å². The quantitative estimate of drug-likeness (QED) is 0.816. The van der Waals surface area contributed by atoms with Crippen LogP contribution in [0.25, 0.3) is 0 Å². The van der Waals surface area contributed by atoms with E-state index in [9.17, 15) is 13.6 Å². The summed E-state index contributed by atoms with van der Waals surface area (Å²) < 4.78 is 26.2. The molecule has 0 aliphatic carbocycles. The maximum Gasteiger partial charge on any atom is 0.225 e. The highest BCUT2D eigenvalue weighted by Crippen LogP contribution is 2.15. The monoisotopic (exact) mass is 284 g/mol. The van der Waals surface area contributed by atoms with Gasteiger partial charge in [0.15, 0.2) is 0 Å². The van der Waals surface area contributed by atoms with Gasteiger partial charge in [0.25, 0.3) is 0 Å². The molecule has 0 spiro atoms. The Kier molecular flexibility index (Phi) is 5.62. The molecule has 5 heteroatoms. The van der Waals surface area contributed by atoms with E-state index >= 15 is 0 Å². The molecule has 3 nitrogen and oxygen atoms in total. The van der Waals surface area contributed by atoms with Crippen molar-refractivity contribution in [2.24, 2.45) is 5.41 Å². The summed E-state index contributed by atoms with van der Waals surface area (Å²) in [4.78, 5) is 11.6. The number of benzene rings is 1. The van der Waals surface area contributed by atoms with Crippen molar-refractivity contribution in [1.29, 1.82) is 0 Å². The average Bonchev–Trinajstić information content (AvgIpc) is 2.31. The summed E-state index contributed by atoms with van der Waals surface area (Å²) in [5, 5.41) is 5.91. The summed E-state index contributed by atoms with van der Waals surface area (Å²) >= 11 is 0. The van der Waals surface area contributed by atoms with Crippen molar-refractivity contribution in [3.05, 3.63) is 35.4 Å². The molecule has 1 atom stereocenters. The Hall–Kier alpha value is -1.49. The number of rotatable bonds is 5. The van der Waals surface area contributed by atoms with Gasteiger partial charge >= 0.3 is 0 Å². The molecule has 1 aromatic rings. The smallest absolute Gasteiger partial charge is 0.225 e. The Morgan fingerprint density at radius 1 is 1.15 bits per heavy atom. The number of carbonyl (C=O) groups excluding carboxylic acids is 1. The normalized spacial score (nSPS) is 13.1. The number of halogens is 2. The predicted molar refractivity (Wildman–Crippen MR) is 75.2 cm³/mol. The Balaban J connectivity index is 2.40. The fourth-order valence-electron chi connectivity index (χ4n) is 1.67. The van der Waals surface area contributed by atoms with Gasteiger partial charge in [0.05, 0.1) is 0 Å². The molecule has 0 saturated heterocycles. The second-order valence-corrected chi connectivity index (χ2v) is 5.88. The number of carbonyl (C=O) groups is 1. The third kappa shape index (κ3) is 5.25. The zero-order valence-corrected chi connectivity index (χ0v) is 12.4. The maximum absolute atomic E-state index is 13.1. The van der Waals surface area contributed by atoms with Gasteiger partial charge in [-0.3, -0.25) is 4.79 Å². The Morgan fingerprint density at radius 3 is 2.20 bits per heavy atom. The Labute approximate surface area is 118 Å². The molecule has 0 fully saturated rings. The fourth-order valence-corrected chi connectivity index (χ4v) is 1.67. The van der Waals surface area contributed by atoms with Crippen molar-refractivity contribution in [2.45, 2.75) is 33.7 Å². The molecule has 20 heavy (non-hydrogen) atoms. The minimum atomic E-state index is -0.588. The molecule has 0 radical (unpaired) electrons. The maximum atomic E-state index is 13.1. The first kappa shape index (κ1) is 16.6. The van der Waals surface area contributed by atoms with E-state index in [-0.39, 0.29) is 11.9 Å². The number of amides is 1. The second kappa shape index (κ2) is 6.79. The third-order valence-corrected chi connectivity index (χ3v) is 2.93. The van der Waals surface area contributed by atoms with Crippen LogP contribution in [-0.2, 0) is 4.79 Å². The van der Waals surface area contributed by atoms with Crippen molar-refractivity contribution in [3.63, 3.8) is 0 Å². The fraction of sp³-hybridized carbons (Fsp3) is 0.533. The van der Waals surface area contributed by atoms with Gasteiger partial charge in [-0.25, -0.2) is 8.78 Å². The van der Waals surface area contributed by atoms with E-state index in [2.05, 4.69) is 10.6 Å². The van der Waals surface area contributed by atoms with Gasteiger partial charge < -0.3 is 10.6 Å². The molecule has 1 aromatic carbocycles. The van der Waals surface area contributed by atoms with E-state index in [1.54, 1.807) is 0 Å². The van der Waals surface area contributed by atoms with Crippen LogP contribution in [0.1, 0.15) is 39.3 Å². The van der Waals surface area contributed by atoms with Crippen LogP contribution in [0, 0.1) is 17.0 Å². The second-order valence-electron chi connectivity index (χ2n) is 5.88. The molecule has 0 unspecified atom stereocenters. The molecule has 0 aromatic heterocycles. The highest BCUT2D eigenvalue weighted by molar-refractivity contribution is 5.81. The summed E-state index contributed by atoms with van der Waals surface area (Å²) in [7, 11) is 0. The molecule has 0 aliphatic rings. The van der Waals surface area contributed by atoms with E-state index in [1.165, 1.54) is 12.1 Å². The first-order chi connectivity index (χ1) is 9.20. The molecule has 0 bridgehead atoms. The summed E-state index contributed by atoms with van der Waals surface area (Å²) in [6.07, 6.45) is 0. The van der Waals surface area contributed by atoms with Crippen LogP contribution in [0.4, 0.5) is 8.78 Å². The summed E-state index contributed by atoms with van der Waals surface area (Å²) in [5.74, 6) is -1.20. The molecule has 0 saturated carbocycles. The lowest BCUT2D eigenvalue weighted by atomic mass is 9.96. The number of hydrogen-bond donors (Lipinski definition) is 2. The topological polar surface area (TPSA) is 41.1 Å². The highest BCUT2D eigenvalue weighted by Gasteiger charge is 2.20. The van der Waals surface area contributed by atoms with E-state index in [4.69, 9.17) is 0 Å². The van der Waals surface area contributed by atoms with E-state index in [1.807, 2.05) is 27.7 Å². The molecule has 1 amide bonds. The van der Waals surface area contributed by atoms with Crippen molar-refractivity contribution in [3.8, 4) is 0 Å². The summed E-state index contributed by atoms with van der Waals surface area (Å²) in [6.45, 7) is 8.34. The molecule has 0 heterocycles. The van der Waals surface area contributed by atoms with Gasteiger partial charge in [-0.1, -0.05) is 20.8 Å². The van der Waals surface area contributed by atoms with Crippen LogP contribution in [0.2, 0.25) is 0 Å². The van der Waals surface area contributed by atoms with E-state index < -0.39 is 17.0 Å². The van der Waals surface area contributed by atoms with Crippen molar-refractivity contribution < 1.29 is 13.6 Å². The molecule has 112 valence electrons. The molecule has 2 N–H and O–H groups in total. The molecule has 1 rings (SSSR count). The van der Waals surface area contributed by atoms with Gasteiger partial charge in [-0.2, -0.15) is 0 Å². The molecular weight excluding hydrogens is 262 g/mol. The van der Waals surface area contributed by atoms with Gasteiger partial charge in [0.1, 0.15) is 11.6 Å². The van der Waals surface area contributed by atoms with Crippen LogP contribution in [0.3, 0.4) is 0 Å². The first-order valence-corrected chi connectivity index (χ1v) is 6.68. The number of nitrogens with one attached hydrogen (secondary N) is 2. The summed E-state index contributed by atoms with van der Waals surface area (Å²) in [6, 6.07) is 3.26. The van der Waals surface area contributed by atoms with Gasteiger partial charge in [-0.15, -0.1) is 0 Å². The lowest BCUT2D eigenvalue weighted by Gasteiger charge is -2.19. The highest BCUT2D eigenvalue weighted by atomic mass is 19.1. The van der Waals surface area contributed by atoms with Crippen molar-refractivity contribution in [1.82, 2.24) is 10.6 Å². The van der Waals surface area contributed by atoms with Crippen LogP contribution >= 0.6 is 0 Å². The predicted octanol–water partition coefficient (Wildman–Crippen LogP) is 2.78. The zero-order chi connectivity index (χ0) is 15.3. The number of hydrogen-bond acceptors (Lipinski definition) is 2. The standard InChI is InChI=1S/C15H22F2N2O/c1-10(11-7-12(16)9-13(17)8-11)18-5-6-19-14(20)15(2,3)4/h7-10,18H,5-6H2,1-4H3,(H,19,20)/t10-/m0/s1. The van der Waals surface area contributed by atoms with E-state index in [0.717, 1.165) is 6.07 Å².